The molecule has 0 amide bonds. The third-order valence-corrected chi connectivity index (χ3v) is 6.71. The minimum absolute atomic E-state index is 0.0649. The van der Waals surface area contributed by atoms with Crippen molar-refractivity contribution in [2.45, 2.75) is 48.2 Å². The Morgan fingerprint density at radius 2 is 1.84 bits per heavy atom. The van der Waals surface area contributed by atoms with Crippen molar-refractivity contribution in [2.24, 2.45) is 0 Å². The highest BCUT2D eigenvalue weighted by atomic mass is 35.5. The molecule has 1 aliphatic carbocycles. The topological polar surface area (TPSA) is 75.6 Å². The van der Waals surface area contributed by atoms with E-state index in [0.717, 1.165) is 35.1 Å². The fourth-order valence-electron chi connectivity index (χ4n) is 3.90. The van der Waals surface area contributed by atoms with Crippen molar-refractivity contribution < 1.29 is 0 Å². The summed E-state index contributed by atoms with van der Waals surface area (Å²) in [5.74, 6) is 0.461. The average Bonchev–Trinajstić information content (AvgIpc) is 3.23. The van der Waals surface area contributed by atoms with E-state index < -0.39 is 0 Å². The molecule has 2 N–H and O–H groups in total. The normalized spacial score (nSPS) is 14.9. The van der Waals surface area contributed by atoms with Gasteiger partial charge in [0.05, 0.1) is 0 Å². The predicted molar refractivity (Wildman–Crippen MR) is 129 cm³/mol. The second-order valence-corrected chi connectivity index (χ2v) is 9.44. The van der Waals surface area contributed by atoms with Gasteiger partial charge < -0.3 is 10.6 Å². The lowest BCUT2D eigenvalue weighted by Crippen LogP contribution is -2.41. The van der Waals surface area contributed by atoms with Gasteiger partial charge in [-0.1, -0.05) is 36.6 Å². The highest BCUT2D eigenvalue weighted by Gasteiger charge is 2.35. The van der Waals surface area contributed by atoms with E-state index in [1.807, 2.05) is 25.1 Å². The molecule has 0 saturated heterocycles. The van der Waals surface area contributed by atoms with E-state index in [9.17, 15) is 0 Å². The number of benzene rings is 1. The number of nitrogens with zero attached hydrogens (tertiary/aromatic N) is 4. The third kappa shape index (κ3) is 5.70. The van der Waals surface area contributed by atoms with Crippen molar-refractivity contribution in [2.75, 3.05) is 11.9 Å². The van der Waals surface area contributed by atoms with Crippen molar-refractivity contribution in [3.8, 4) is 0 Å². The zero-order chi connectivity index (χ0) is 21.7. The molecule has 9 heteroatoms. The van der Waals surface area contributed by atoms with Gasteiger partial charge in [-0.3, -0.25) is 0 Å². The summed E-state index contributed by atoms with van der Waals surface area (Å²) in [7, 11) is 0. The molecule has 1 saturated carbocycles. The van der Waals surface area contributed by atoms with Crippen LogP contribution in [0, 0.1) is 6.92 Å². The predicted octanol–water partition coefficient (Wildman–Crippen LogP) is 5.18. The van der Waals surface area contributed by atoms with Gasteiger partial charge in [0.25, 0.3) is 0 Å². The van der Waals surface area contributed by atoms with Gasteiger partial charge >= 0.3 is 0 Å². The van der Waals surface area contributed by atoms with Crippen LogP contribution >= 0.6 is 35.6 Å². The number of aryl methyl sites for hydroxylation is 1. The molecule has 1 aliphatic rings. The molecule has 6 nitrogen and oxygen atoms in total. The third-order valence-electron chi connectivity index (χ3n) is 5.40. The Kier molecular flexibility index (Phi) is 6.99. The molecule has 160 valence electrons. The molecule has 4 rings (SSSR count). The van der Waals surface area contributed by atoms with Crippen molar-refractivity contribution in [3.05, 3.63) is 65.1 Å². The van der Waals surface area contributed by atoms with Crippen LogP contribution in [0.5, 0.6) is 0 Å². The van der Waals surface area contributed by atoms with Gasteiger partial charge in [0.2, 0.25) is 5.95 Å². The molecule has 31 heavy (non-hydrogen) atoms. The first kappa shape index (κ1) is 21.9. The highest BCUT2D eigenvalue weighted by Crippen LogP contribution is 2.41. The molecular formula is C22H23ClN6S2. The number of nitrogens with one attached hydrogen (secondary N) is 2. The van der Waals surface area contributed by atoms with E-state index in [1.54, 1.807) is 18.5 Å². The Hall–Kier alpha value is -2.29. The maximum atomic E-state index is 6.09. The summed E-state index contributed by atoms with van der Waals surface area (Å²) in [6, 6.07) is 11.9. The first-order chi connectivity index (χ1) is 15.0. The number of rotatable bonds is 6. The number of halogens is 1. The Balaban J connectivity index is 1.42. The van der Waals surface area contributed by atoms with Gasteiger partial charge in [0.15, 0.2) is 10.3 Å². The number of hydrogen-bond donors (Lipinski definition) is 2. The maximum Gasteiger partial charge on any atom is 0.230 e. The summed E-state index contributed by atoms with van der Waals surface area (Å²) < 4.78 is 0. The Labute approximate surface area is 196 Å². The van der Waals surface area contributed by atoms with E-state index >= 15 is 0 Å². The number of anilines is 1. The minimum atomic E-state index is 0.0649. The summed E-state index contributed by atoms with van der Waals surface area (Å²) in [6.45, 7) is 2.68. The monoisotopic (exact) mass is 470 g/mol. The number of hydrogen-bond acceptors (Lipinski definition) is 6. The first-order valence-corrected chi connectivity index (χ1v) is 11.7. The number of thiocarbonyl (C=S) groups is 1. The molecular weight excluding hydrogens is 448 g/mol. The van der Waals surface area contributed by atoms with Gasteiger partial charge in [-0.2, -0.15) is 0 Å². The van der Waals surface area contributed by atoms with Crippen molar-refractivity contribution >= 4 is 46.6 Å². The van der Waals surface area contributed by atoms with E-state index in [1.165, 1.54) is 30.2 Å². The molecule has 0 unspecified atom stereocenters. The SMILES string of the molecule is Cc1cc(Sc2ncccn2)nc(NC(=S)NCC2(c3ccc(Cl)cc3)CCCC2)n1. The van der Waals surface area contributed by atoms with Crippen LogP contribution < -0.4 is 10.6 Å². The first-order valence-electron chi connectivity index (χ1n) is 10.1. The fourth-order valence-corrected chi connectivity index (χ4v) is 4.96. The second-order valence-electron chi connectivity index (χ2n) is 7.61. The van der Waals surface area contributed by atoms with Crippen LogP contribution in [0.1, 0.15) is 36.9 Å². The van der Waals surface area contributed by atoms with Crippen LogP contribution in [0.3, 0.4) is 0 Å². The molecule has 1 fully saturated rings. The molecule has 0 atom stereocenters. The zero-order valence-corrected chi connectivity index (χ0v) is 19.5. The Bertz CT molecular complexity index is 1040. The summed E-state index contributed by atoms with van der Waals surface area (Å²) >= 11 is 13.0. The lowest BCUT2D eigenvalue weighted by atomic mass is 9.79. The molecule has 2 heterocycles. The maximum absolute atomic E-state index is 6.09. The van der Waals surface area contributed by atoms with E-state index in [4.69, 9.17) is 23.8 Å². The molecule has 0 radical (unpaired) electrons. The van der Waals surface area contributed by atoms with E-state index in [-0.39, 0.29) is 5.41 Å². The highest BCUT2D eigenvalue weighted by molar-refractivity contribution is 7.99. The summed E-state index contributed by atoms with van der Waals surface area (Å²) in [5.41, 5.74) is 2.21. The fraction of sp³-hybridized carbons (Fsp3) is 0.318. The molecule has 0 spiro atoms. The molecule has 0 aliphatic heterocycles. The van der Waals surface area contributed by atoms with Gasteiger partial charge in [-0.25, -0.2) is 19.9 Å². The van der Waals surface area contributed by atoms with Crippen LogP contribution in [0.15, 0.2) is 59.0 Å². The van der Waals surface area contributed by atoms with Crippen LogP contribution in [0.25, 0.3) is 0 Å². The summed E-state index contributed by atoms with van der Waals surface area (Å²) in [6.07, 6.45) is 8.11. The van der Waals surface area contributed by atoms with E-state index in [0.29, 0.717) is 16.2 Å². The summed E-state index contributed by atoms with van der Waals surface area (Å²) in [5, 5.41) is 9.19. The van der Waals surface area contributed by atoms with Gasteiger partial charge in [-0.05, 0) is 73.6 Å². The second kappa shape index (κ2) is 9.89. The largest absolute Gasteiger partial charge is 0.361 e. The molecule has 3 aromatic rings. The van der Waals surface area contributed by atoms with E-state index in [2.05, 4.69) is 42.7 Å². The Morgan fingerprint density at radius 1 is 1.13 bits per heavy atom. The lowest BCUT2D eigenvalue weighted by Gasteiger charge is -2.30. The Morgan fingerprint density at radius 3 is 2.55 bits per heavy atom. The van der Waals surface area contributed by atoms with Crippen LogP contribution in [-0.4, -0.2) is 31.6 Å². The van der Waals surface area contributed by atoms with Crippen LogP contribution in [0.4, 0.5) is 5.95 Å². The average molecular weight is 471 g/mol. The van der Waals surface area contributed by atoms with Crippen molar-refractivity contribution in [1.82, 2.24) is 25.3 Å². The minimum Gasteiger partial charge on any atom is -0.361 e. The van der Waals surface area contributed by atoms with Gasteiger partial charge in [0, 0.05) is 35.1 Å². The van der Waals surface area contributed by atoms with Gasteiger partial charge in [0.1, 0.15) is 5.03 Å². The molecule has 0 bridgehead atoms. The van der Waals surface area contributed by atoms with Gasteiger partial charge in [-0.15, -0.1) is 0 Å². The number of aromatic nitrogens is 4. The standard InChI is InChI=1S/C22H23ClN6S2/c1-15-13-18(31-21-24-11-4-12-25-21)28-19(27-15)29-20(30)26-14-22(9-2-3-10-22)16-5-7-17(23)8-6-16/h4-8,11-13H,2-3,9-10,14H2,1H3,(H2,26,27,28,29,30). The molecule has 1 aromatic carbocycles. The lowest BCUT2D eigenvalue weighted by molar-refractivity contribution is 0.435. The van der Waals surface area contributed by atoms with Crippen LogP contribution in [0.2, 0.25) is 5.02 Å². The quantitative estimate of drug-likeness (QED) is 0.290. The van der Waals surface area contributed by atoms with Crippen molar-refractivity contribution in [3.63, 3.8) is 0 Å². The zero-order valence-electron chi connectivity index (χ0n) is 17.1. The molecule has 2 aromatic heterocycles. The van der Waals surface area contributed by atoms with Crippen LogP contribution in [-0.2, 0) is 5.41 Å². The summed E-state index contributed by atoms with van der Waals surface area (Å²) in [4.78, 5) is 17.5. The van der Waals surface area contributed by atoms with Crippen molar-refractivity contribution in [1.29, 1.82) is 0 Å². The smallest absolute Gasteiger partial charge is 0.230 e.